The van der Waals surface area contributed by atoms with Gasteiger partial charge >= 0.3 is 0 Å². The van der Waals surface area contributed by atoms with Crippen molar-refractivity contribution in [3.8, 4) is 17.0 Å². The first-order valence-electron chi connectivity index (χ1n) is 9.66. The minimum atomic E-state index is -0.258. The van der Waals surface area contributed by atoms with Gasteiger partial charge < -0.3 is 9.26 Å². The Kier molecular flexibility index (Phi) is 4.67. The standard InChI is InChI=1S/C22H19N5O3S/c1-12-8-13(2)20-15(9-12)16(26-30-20)10-19(28)23-21-24-22-27(25-21)17(11-31-22)14-6-4-5-7-18(14)29-3/h4-9,11H,10H2,1-3H3,(H,23,25,28). The van der Waals surface area contributed by atoms with Crippen molar-refractivity contribution in [1.29, 1.82) is 0 Å². The second-order valence-electron chi connectivity index (χ2n) is 7.26. The second kappa shape index (κ2) is 7.51. The first kappa shape index (κ1) is 19.3. The third-order valence-electron chi connectivity index (χ3n) is 5.02. The lowest BCUT2D eigenvalue weighted by Crippen LogP contribution is -2.16. The number of aromatic nitrogens is 4. The van der Waals surface area contributed by atoms with E-state index in [2.05, 4.69) is 20.6 Å². The highest BCUT2D eigenvalue weighted by molar-refractivity contribution is 7.15. The number of aryl methyl sites for hydroxylation is 2. The van der Waals surface area contributed by atoms with E-state index in [9.17, 15) is 4.79 Å². The van der Waals surface area contributed by atoms with Gasteiger partial charge in [0.25, 0.3) is 0 Å². The quantitative estimate of drug-likeness (QED) is 0.441. The maximum atomic E-state index is 12.6. The summed E-state index contributed by atoms with van der Waals surface area (Å²) in [5.41, 5.74) is 5.13. The van der Waals surface area contributed by atoms with Crippen LogP contribution in [0.4, 0.5) is 5.95 Å². The molecule has 5 rings (SSSR count). The van der Waals surface area contributed by atoms with Crippen LogP contribution in [0.5, 0.6) is 5.75 Å². The minimum Gasteiger partial charge on any atom is -0.496 e. The summed E-state index contributed by atoms with van der Waals surface area (Å²) in [6, 6.07) is 11.7. The average Bonchev–Trinajstić information content (AvgIpc) is 3.43. The molecule has 3 aromatic heterocycles. The largest absolute Gasteiger partial charge is 0.496 e. The Hall–Kier alpha value is -3.72. The Bertz CT molecular complexity index is 1430. The maximum absolute atomic E-state index is 12.6. The highest BCUT2D eigenvalue weighted by atomic mass is 32.1. The number of nitrogens with zero attached hydrogens (tertiary/aromatic N) is 4. The van der Waals surface area contributed by atoms with Crippen molar-refractivity contribution >= 4 is 39.1 Å². The molecule has 9 heteroatoms. The van der Waals surface area contributed by atoms with E-state index in [-0.39, 0.29) is 18.3 Å². The second-order valence-corrected chi connectivity index (χ2v) is 8.10. The molecule has 0 unspecified atom stereocenters. The third-order valence-corrected chi connectivity index (χ3v) is 5.84. The number of fused-ring (bicyclic) bond motifs is 2. The average molecular weight is 433 g/mol. The topological polar surface area (TPSA) is 94.5 Å². The van der Waals surface area contributed by atoms with Gasteiger partial charge in [-0.15, -0.1) is 16.4 Å². The van der Waals surface area contributed by atoms with Crippen molar-refractivity contribution in [2.24, 2.45) is 0 Å². The Labute approximate surface area is 181 Å². The van der Waals surface area contributed by atoms with Crippen molar-refractivity contribution in [2.45, 2.75) is 20.3 Å². The fourth-order valence-electron chi connectivity index (χ4n) is 3.66. The number of ether oxygens (including phenoxy) is 1. The molecule has 0 radical (unpaired) electrons. The lowest BCUT2D eigenvalue weighted by Gasteiger charge is -2.06. The maximum Gasteiger partial charge on any atom is 0.250 e. The van der Waals surface area contributed by atoms with Gasteiger partial charge in [0.2, 0.25) is 16.8 Å². The van der Waals surface area contributed by atoms with E-state index >= 15 is 0 Å². The van der Waals surface area contributed by atoms with Gasteiger partial charge in [-0.3, -0.25) is 10.1 Å². The summed E-state index contributed by atoms with van der Waals surface area (Å²) < 4.78 is 12.6. The van der Waals surface area contributed by atoms with E-state index in [1.54, 1.807) is 11.6 Å². The molecule has 0 spiro atoms. The third kappa shape index (κ3) is 3.42. The smallest absolute Gasteiger partial charge is 0.250 e. The zero-order valence-electron chi connectivity index (χ0n) is 17.2. The number of hydrogen-bond donors (Lipinski definition) is 1. The van der Waals surface area contributed by atoms with E-state index in [0.29, 0.717) is 16.2 Å². The first-order valence-corrected chi connectivity index (χ1v) is 10.5. The number of carbonyl (C=O) groups excluding carboxylic acids is 1. The molecular weight excluding hydrogens is 414 g/mol. The molecular formula is C22H19N5O3S. The van der Waals surface area contributed by atoms with Crippen molar-refractivity contribution in [2.75, 3.05) is 12.4 Å². The van der Waals surface area contributed by atoms with Gasteiger partial charge in [0.1, 0.15) is 11.4 Å². The molecule has 1 N–H and O–H groups in total. The molecule has 8 nitrogen and oxygen atoms in total. The summed E-state index contributed by atoms with van der Waals surface area (Å²) in [6.07, 6.45) is 0.0715. The molecule has 3 heterocycles. The van der Waals surface area contributed by atoms with Crippen LogP contribution in [-0.2, 0) is 11.2 Å². The molecule has 0 saturated heterocycles. The number of nitrogens with one attached hydrogen (secondary N) is 1. The Morgan fingerprint density at radius 1 is 1.26 bits per heavy atom. The van der Waals surface area contributed by atoms with Crippen LogP contribution in [0.25, 0.3) is 27.2 Å². The highest BCUT2D eigenvalue weighted by Gasteiger charge is 2.18. The van der Waals surface area contributed by atoms with Gasteiger partial charge in [0.05, 0.1) is 19.2 Å². The number of rotatable bonds is 5. The highest BCUT2D eigenvalue weighted by Crippen LogP contribution is 2.32. The van der Waals surface area contributed by atoms with E-state index < -0.39 is 0 Å². The fraction of sp³-hybridized carbons (Fsp3) is 0.182. The van der Waals surface area contributed by atoms with Gasteiger partial charge in [0, 0.05) is 16.3 Å². The molecule has 0 aliphatic carbocycles. The molecule has 0 aliphatic heterocycles. The van der Waals surface area contributed by atoms with Crippen LogP contribution < -0.4 is 10.1 Å². The van der Waals surface area contributed by atoms with Crippen molar-refractivity contribution in [3.63, 3.8) is 0 Å². The zero-order chi connectivity index (χ0) is 21.5. The molecule has 1 amide bonds. The van der Waals surface area contributed by atoms with Crippen molar-refractivity contribution in [1.82, 2.24) is 19.8 Å². The number of methoxy groups -OCH3 is 1. The Balaban J connectivity index is 1.40. The van der Waals surface area contributed by atoms with Crippen LogP contribution in [0.15, 0.2) is 46.3 Å². The van der Waals surface area contributed by atoms with Gasteiger partial charge in [-0.1, -0.05) is 23.4 Å². The first-order chi connectivity index (χ1) is 15.0. The lowest BCUT2D eigenvalue weighted by molar-refractivity contribution is -0.115. The summed E-state index contributed by atoms with van der Waals surface area (Å²) in [5, 5.41) is 14.1. The van der Waals surface area contributed by atoms with Gasteiger partial charge in [-0.25, -0.2) is 4.52 Å². The number of benzene rings is 2. The summed E-state index contributed by atoms with van der Waals surface area (Å²) in [4.78, 5) is 17.8. The van der Waals surface area contributed by atoms with E-state index in [0.717, 1.165) is 33.5 Å². The van der Waals surface area contributed by atoms with Crippen LogP contribution in [0.1, 0.15) is 16.8 Å². The molecule has 0 fully saturated rings. The SMILES string of the molecule is COc1ccccc1-c1csc2nc(NC(=O)Cc3noc4c(C)cc(C)cc34)nn12. The van der Waals surface area contributed by atoms with Crippen LogP contribution >= 0.6 is 11.3 Å². The van der Waals surface area contributed by atoms with Gasteiger partial charge in [-0.05, 0) is 43.2 Å². The summed E-state index contributed by atoms with van der Waals surface area (Å²) >= 11 is 1.44. The molecule has 2 aromatic carbocycles. The van der Waals surface area contributed by atoms with Crippen molar-refractivity contribution in [3.05, 3.63) is 58.6 Å². The summed E-state index contributed by atoms with van der Waals surface area (Å²) in [5.74, 6) is 0.728. The van der Waals surface area contributed by atoms with Gasteiger partial charge in [0.15, 0.2) is 5.58 Å². The minimum absolute atomic E-state index is 0.0715. The van der Waals surface area contributed by atoms with Crippen LogP contribution in [0.2, 0.25) is 0 Å². The number of thiazole rings is 1. The van der Waals surface area contributed by atoms with Crippen LogP contribution in [-0.4, -0.2) is 32.8 Å². The van der Waals surface area contributed by atoms with Crippen molar-refractivity contribution < 1.29 is 14.1 Å². The van der Waals surface area contributed by atoms with E-state index in [1.807, 2.05) is 55.6 Å². The molecule has 5 aromatic rings. The van der Waals surface area contributed by atoms with E-state index in [4.69, 9.17) is 9.26 Å². The predicted octanol–water partition coefficient (Wildman–Crippen LogP) is 4.41. The molecule has 31 heavy (non-hydrogen) atoms. The number of carbonyl (C=O) groups is 1. The zero-order valence-corrected chi connectivity index (χ0v) is 18.0. The fourth-order valence-corrected chi connectivity index (χ4v) is 4.49. The normalized spacial score (nSPS) is 11.3. The molecule has 156 valence electrons. The monoisotopic (exact) mass is 433 g/mol. The van der Waals surface area contributed by atoms with Crippen LogP contribution in [0, 0.1) is 13.8 Å². The Morgan fingerprint density at radius 3 is 2.94 bits per heavy atom. The lowest BCUT2D eigenvalue weighted by atomic mass is 10.1. The summed E-state index contributed by atoms with van der Waals surface area (Å²) in [6.45, 7) is 3.97. The number of hydrogen-bond acceptors (Lipinski definition) is 7. The van der Waals surface area contributed by atoms with E-state index in [1.165, 1.54) is 11.3 Å². The van der Waals surface area contributed by atoms with Crippen LogP contribution in [0.3, 0.4) is 0 Å². The predicted molar refractivity (Wildman–Crippen MR) is 119 cm³/mol. The molecule has 0 aliphatic rings. The number of anilines is 1. The molecule has 0 saturated carbocycles. The van der Waals surface area contributed by atoms with Gasteiger partial charge in [-0.2, -0.15) is 4.98 Å². The molecule has 0 atom stereocenters. The summed E-state index contributed by atoms with van der Waals surface area (Å²) in [7, 11) is 1.63. The number of para-hydroxylation sites is 1. The number of amides is 1. The Morgan fingerprint density at radius 2 is 2.10 bits per heavy atom. The molecule has 0 bridgehead atoms.